The van der Waals surface area contributed by atoms with Crippen LogP contribution in [0.2, 0.25) is 0 Å². The van der Waals surface area contributed by atoms with Crippen molar-refractivity contribution in [3.05, 3.63) is 24.3 Å². The molecular weight excluding hydrogens is 502 g/mol. The first-order chi connectivity index (χ1) is 18.0. The highest BCUT2D eigenvalue weighted by Crippen LogP contribution is 2.32. The van der Waals surface area contributed by atoms with Crippen LogP contribution in [0, 0.1) is 11.8 Å². The van der Waals surface area contributed by atoms with E-state index in [2.05, 4.69) is 11.9 Å². The van der Waals surface area contributed by atoms with Crippen molar-refractivity contribution < 1.29 is 19.8 Å². The number of fused-ring (bicyclic) bond motifs is 1. The molecule has 0 aliphatic carbocycles. The van der Waals surface area contributed by atoms with E-state index in [-0.39, 0.29) is 5.75 Å². The van der Waals surface area contributed by atoms with Gasteiger partial charge in [-0.25, -0.2) is 4.98 Å². The maximum absolute atomic E-state index is 11.8. The molecule has 5 nitrogen and oxygen atoms in total. The van der Waals surface area contributed by atoms with Crippen LogP contribution >= 0.6 is 23.1 Å². The van der Waals surface area contributed by atoms with Crippen LogP contribution in [0.4, 0.5) is 0 Å². The van der Waals surface area contributed by atoms with Crippen molar-refractivity contribution in [3.8, 4) is 0 Å². The molecule has 37 heavy (non-hydrogen) atoms. The lowest BCUT2D eigenvalue weighted by Gasteiger charge is -2.28. The first-order valence-corrected chi connectivity index (χ1v) is 16.2. The number of aromatic nitrogens is 1. The highest BCUT2D eigenvalue weighted by Gasteiger charge is 2.24. The molecule has 2 rings (SSSR count). The van der Waals surface area contributed by atoms with E-state index in [0.717, 1.165) is 33.8 Å². The third-order valence-corrected chi connectivity index (χ3v) is 9.42. The number of rotatable bonds is 23. The zero-order valence-corrected chi connectivity index (χ0v) is 24.2. The minimum atomic E-state index is -1.32. The van der Waals surface area contributed by atoms with Crippen LogP contribution in [0.1, 0.15) is 116 Å². The monoisotopic (exact) mass is 547 g/mol. The summed E-state index contributed by atoms with van der Waals surface area (Å²) in [7, 11) is 0. The van der Waals surface area contributed by atoms with Crippen molar-refractivity contribution in [2.45, 2.75) is 120 Å². The van der Waals surface area contributed by atoms with Gasteiger partial charge >= 0.3 is 0 Å². The van der Waals surface area contributed by atoms with Crippen LogP contribution in [-0.4, -0.2) is 22.7 Å². The number of thiazole rings is 1. The molecular formula is C30H45NO4S2-2. The number of unbranched alkanes of at least 4 members (excludes halogenated alkanes) is 15. The van der Waals surface area contributed by atoms with Crippen molar-refractivity contribution in [1.29, 1.82) is 0 Å². The molecule has 0 radical (unpaired) electrons. The van der Waals surface area contributed by atoms with Gasteiger partial charge in [0, 0.05) is 29.5 Å². The van der Waals surface area contributed by atoms with Gasteiger partial charge in [-0.05, 0) is 18.6 Å². The second-order valence-electron chi connectivity index (χ2n) is 10.2. The normalized spacial score (nSPS) is 13.1. The van der Waals surface area contributed by atoms with Crippen molar-refractivity contribution in [2.24, 2.45) is 11.8 Å². The molecule has 0 fully saturated rings. The molecule has 0 saturated heterocycles. The maximum atomic E-state index is 11.8. The number of hydrogen-bond donors (Lipinski definition) is 0. The molecule has 0 N–H and O–H groups in total. The molecule has 0 bridgehead atoms. The Morgan fingerprint density at radius 3 is 1.73 bits per heavy atom. The number of carbonyl (C=O) groups is 2. The Bertz CT molecular complexity index is 868. The zero-order chi connectivity index (χ0) is 26.7. The Hall–Kier alpha value is -1.60. The largest absolute Gasteiger partial charge is 0.550 e. The quantitative estimate of drug-likeness (QED) is 0.113. The smallest absolute Gasteiger partial charge is 0.151 e. The number of carboxylic acid groups (broad SMARTS) is 2. The van der Waals surface area contributed by atoms with Crippen molar-refractivity contribution >= 4 is 45.3 Å². The van der Waals surface area contributed by atoms with Gasteiger partial charge in [0.25, 0.3) is 0 Å². The Morgan fingerprint density at radius 1 is 0.757 bits per heavy atom. The number of hydrogen-bond acceptors (Lipinski definition) is 7. The predicted octanol–water partition coefficient (Wildman–Crippen LogP) is 6.77. The first-order valence-electron chi connectivity index (χ1n) is 14.4. The second kappa shape index (κ2) is 19.5. The fourth-order valence-corrected chi connectivity index (χ4v) is 7.08. The molecule has 2 atom stereocenters. The number of thioether (sulfide) groups is 1. The van der Waals surface area contributed by atoms with E-state index in [0.29, 0.717) is 12.8 Å². The van der Waals surface area contributed by atoms with E-state index in [4.69, 9.17) is 0 Å². The van der Waals surface area contributed by atoms with Crippen LogP contribution in [0.3, 0.4) is 0 Å². The number of carboxylic acids is 2. The van der Waals surface area contributed by atoms with E-state index in [1.165, 1.54) is 100 Å². The van der Waals surface area contributed by atoms with Gasteiger partial charge in [0.15, 0.2) is 4.34 Å². The van der Waals surface area contributed by atoms with E-state index in [1.807, 2.05) is 24.3 Å². The highest BCUT2D eigenvalue weighted by molar-refractivity contribution is 8.01. The summed E-state index contributed by atoms with van der Waals surface area (Å²) < 4.78 is 1.77. The first kappa shape index (κ1) is 31.6. The van der Waals surface area contributed by atoms with Gasteiger partial charge in [0.05, 0.1) is 10.2 Å². The van der Waals surface area contributed by atoms with E-state index in [9.17, 15) is 19.8 Å². The SMILES string of the molecule is CCCCCCCCCCCCCCCCCCC(C(=O)[O-])C(CSc1nc2ccccc2s1)C(=O)[O-]. The lowest BCUT2D eigenvalue weighted by molar-refractivity contribution is -0.326. The van der Waals surface area contributed by atoms with Gasteiger partial charge < -0.3 is 19.8 Å². The maximum Gasteiger partial charge on any atom is 0.151 e. The summed E-state index contributed by atoms with van der Waals surface area (Å²) in [6, 6.07) is 7.72. The van der Waals surface area contributed by atoms with Gasteiger partial charge in [-0.3, -0.25) is 0 Å². The molecule has 0 saturated carbocycles. The molecule has 7 heteroatoms. The molecule has 1 aromatic carbocycles. The minimum absolute atomic E-state index is 0.125. The fourth-order valence-electron chi connectivity index (χ4n) is 4.82. The van der Waals surface area contributed by atoms with Gasteiger partial charge in [-0.2, -0.15) is 0 Å². The van der Waals surface area contributed by atoms with Gasteiger partial charge in [-0.1, -0.05) is 134 Å². The Balaban J connectivity index is 1.56. The summed E-state index contributed by atoms with van der Waals surface area (Å²) in [5, 5.41) is 23.5. The average Bonchev–Trinajstić information content (AvgIpc) is 3.30. The molecule has 0 aliphatic heterocycles. The molecule has 1 aromatic heterocycles. The number of nitrogens with zero attached hydrogens (tertiary/aromatic N) is 1. The van der Waals surface area contributed by atoms with Crippen molar-refractivity contribution in [1.82, 2.24) is 4.98 Å². The van der Waals surface area contributed by atoms with Crippen molar-refractivity contribution in [2.75, 3.05) is 5.75 Å². The number of para-hydroxylation sites is 1. The van der Waals surface area contributed by atoms with Gasteiger partial charge in [-0.15, -0.1) is 11.3 Å². The third kappa shape index (κ3) is 13.2. The Kier molecular flexibility index (Phi) is 16.6. The lowest BCUT2D eigenvalue weighted by Crippen LogP contribution is -2.45. The zero-order valence-electron chi connectivity index (χ0n) is 22.6. The Labute approximate surface area is 231 Å². The van der Waals surface area contributed by atoms with Crippen LogP contribution in [-0.2, 0) is 9.59 Å². The molecule has 0 spiro atoms. The predicted molar refractivity (Wildman–Crippen MR) is 152 cm³/mol. The topological polar surface area (TPSA) is 93.2 Å². The minimum Gasteiger partial charge on any atom is -0.550 e. The third-order valence-electron chi connectivity index (χ3n) is 7.12. The molecule has 208 valence electrons. The summed E-state index contributed by atoms with van der Waals surface area (Å²) in [4.78, 5) is 28.0. The summed E-state index contributed by atoms with van der Waals surface area (Å²) >= 11 is 2.78. The number of aliphatic carboxylic acids is 2. The highest BCUT2D eigenvalue weighted by atomic mass is 32.2. The standard InChI is InChI=1S/C30H47NO4S2/c1-2-3-4-5-6-7-8-9-10-11-12-13-14-15-16-17-20-24(28(32)33)25(29(34)35)23-36-30-31-26-21-18-19-22-27(26)37-30/h18-19,21-22,24-25H,2-17,20,23H2,1H3,(H,32,33)(H,34,35)/p-2. The number of carbonyl (C=O) groups excluding carboxylic acids is 2. The molecule has 2 unspecified atom stereocenters. The summed E-state index contributed by atoms with van der Waals surface area (Å²) in [6.45, 7) is 2.26. The van der Waals surface area contributed by atoms with E-state index in [1.54, 1.807) is 0 Å². The van der Waals surface area contributed by atoms with E-state index >= 15 is 0 Å². The van der Waals surface area contributed by atoms with Crippen LogP contribution in [0.25, 0.3) is 10.2 Å². The van der Waals surface area contributed by atoms with Crippen LogP contribution in [0.5, 0.6) is 0 Å². The van der Waals surface area contributed by atoms with Crippen LogP contribution < -0.4 is 10.2 Å². The molecule has 1 heterocycles. The van der Waals surface area contributed by atoms with Gasteiger partial charge in [0.1, 0.15) is 0 Å². The second-order valence-corrected chi connectivity index (χ2v) is 12.5. The fraction of sp³-hybridized carbons (Fsp3) is 0.700. The lowest BCUT2D eigenvalue weighted by atomic mass is 9.88. The molecule has 2 aromatic rings. The summed E-state index contributed by atoms with van der Waals surface area (Å²) in [5.41, 5.74) is 0.865. The average molecular weight is 548 g/mol. The van der Waals surface area contributed by atoms with Crippen molar-refractivity contribution in [3.63, 3.8) is 0 Å². The molecule has 0 aliphatic rings. The van der Waals surface area contributed by atoms with Gasteiger partial charge in [0.2, 0.25) is 0 Å². The Morgan fingerprint density at radius 2 is 1.24 bits per heavy atom. The number of benzene rings is 1. The molecule has 0 amide bonds. The van der Waals surface area contributed by atoms with E-state index < -0.39 is 23.8 Å². The summed E-state index contributed by atoms with van der Waals surface area (Å²) in [6.07, 6.45) is 20.3. The van der Waals surface area contributed by atoms with Crippen LogP contribution in [0.15, 0.2) is 28.6 Å². The summed E-state index contributed by atoms with van der Waals surface area (Å²) in [5.74, 6) is -4.60.